The van der Waals surface area contributed by atoms with E-state index in [-0.39, 0.29) is 17.5 Å². The molecule has 0 heterocycles. The highest BCUT2D eigenvalue weighted by molar-refractivity contribution is 5.47. The number of phenolic OH excluding ortho intramolecular Hbond substituents is 1. The number of nitro benzene ring substituents is 1. The minimum Gasteiger partial charge on any atom is -0.502 e. The zero-order valence-corrected chi connectivity index (χ0v) is 7.80. The molecule has 14 heavy (non-hydrogen) atoms. The molecule has 1 atom stereocenters. The highest BCUT2D eigenvalue weighted by Crippen LogP contribution is 2.26. The van der Waals surface area contributed by atoms with Crippen molar-refractivity contribution in [2.24, 2.45) is 5.73 Å². The van der Waals surface area contributed by atoms with Crippen molar-refractivity contribution in [1.82, 2.24) is 0 Å². The van der Waals surface area contributed by atoms with Gasteiger partial charge in [-0.15, -0.1) is 0 Å². The first-order chi connectivity index (χ1) is 6.50. The molecule has 0 fully saturated rings. The van der Waals surface area contributed by atoms with Crippen LogP contribution in [0.15, 0.2) is 18.2 Å². The first kappa shape index (κ1) is 10.5. The van der Waals surface area contributed by atoms with Gasteiger partial charge >= 0.3 is 5.69 Å². The van der Waals surface area contributed by atoms with Gasteiger partial charge in [-0.05, 0) is 25.0 Å². The molecule has 0 radical (unpaired) electrons. The fraction of sp³-hybridized carbons (Fsp3) is 0.333. The molecule has 0 aromatic heterocycles. The smallest absolute Gasteiger partial charge is 0.310 e. The summed E-state index contributed by atoms with van der Waals surface area (Å²) in [6, 6.07) is 4.24. The summed E-state index contributed by atoms with van der Waals surface area (Å²) in [5.74, 6) is -0.316. The maximum atomic E-state index is 10.5. The standard InChI is InChI=1S/C9H12N2O3/c1-6(10)4-7-2-3-9(12)8(5-7)11(13)14/h2-3,5-6,12H,4,10H2,1H3. The molecular formula is C9H12N2O3. The summed E-state index contributed by atoms with van der Waals surface area (Å²) in [6.07, 6.45) is 0.557. The van der Waals surface area contributed by atoms with Crippen LogP contribution in [0.3, 0.4) is 0 Å². The van der Waals surface area contributed by atoms with Gasteiger partial charge < -0.3 is 10.8 Å². The van der Waals surface area contributed by atoms with Crippen molar-refractivity contribution in [3.63, 3.8) is 0 Å². The van der Waals surface area contributed by atoms with Gasteiger partial charge in [0.05, 0.1) is 4.92 Å². The monoisotopic (exact) mass is 196 g/mol. The molecule has 0 amide bonds. The van der Waals surface area contributed by atoms with E-state index in [1.54, 1.807) is 6.07 Å². The third-order valence-corrected chi connectivity index (χ3v) is 1.79. The van der Waals surface area contributed by atoms with Crippen LogP contribution < -0.4 is 5.73 Å². The predicted molar refractivity (Wildman–Crippen MR) is 52.1 cm³/mol. The zero-order chi connectivity index (χ0) is 10.7. The number of nitro groups is 1. The van der Waals surface area contributed by atoms with Crippen LogP contribution in [0, 0.1) is 10.1 Å². The van der Waals surface area contributed by atoms with Crippen molar-refractivity contribution in [3.8, 4) is 5.75 Å². The Bertz CT molecular complexity index is 350. The van der Waals surface area contributed by atoms with E-state index in [0.717, 1.165) is 5.56 Å². The van der Waals surface area contributed by atoms with E-state index >= 15 is 0 Å². The third kappa shape index (κ3) is 2.43. The first-order valence-electron chi connectivity index (χ1n) is 4.22. The average Bonchev–Trinajstić information content (AvgIpc) is 2.07. The molecule has 76 valence electrons. The second-order valence-corrected chi connectivity index (χ2v) is 3.26. The fourth-order valence-electron chi connectivity index (χ4n) is 1.21. The fourth-order valence-corrected chi connectivity index (χ4v) is 1.21. The second-order valence-electron chi connectivity index (χ2n) is 3.26. The number of rotatable bonds is 3. The molecule has 5 nitrogen and oxygen atoms in total. The summed E-state index contributed by atoms with van der Waals surface area (Å²) in [7, 11) is 0. The molecule has 1 rings (SSSR count). The Morgan fingerprint density at radius 3 is 2.79 bits per heavy atom. The molecule has 0 bridgehead atoms. The number of nitrogens with zero attached hydrogens (tertiary/aromatic N) is 1. The SMILES string of the molecule is CC(N)Cc1ccc(O)c([N+](=O)[O-])c1. The van der Waals surface area contributed by atoms with E-state index in [1.165, 1.54) is 12.1 Å². The van der Waals surface area contributed by atoms with E-state index in [1.807, 2.05) is 6.92 Å². The number of hydrogen-bond acceptors (Lipinski definition) is 4. The Balaban J connectivity index is 3.00. The topological polar surface area (TPSA) is 89.4 Å². The average molecular weight is 196 g/mol. The van der Waals surface area contributed by atoms with Gasteiger partial charge in [-0.25, -0.2) is 0 Å². The van der Waals surface area contributed by atoms with Crippen molar-refractivity contribution in [2.45, 2.75) is 19.4 Å². The molecule has 1 aromatic carbocycles. The van der Waals surface area contributed by atoms with Crippen molar-refractivity contribution in [2.75, 3.05) is 0 Å². The predicted octanol–water partition coefficient (Wildman–Crippen LogP) is 1.19. The summed E-state index contributed by atoms with van der Waals surface area (Å²) in [4.78, 5) is 9.86. The van der Waals surface area contributed by atoms with Crippen LogP contribution in [0.4, 0.5) is 5.69 Å². The Hall–Kier alpha value is -1.62. The van der Waals surface area contributed by atoms with Gasteiger partial charge in [-0.1, -0.05) is 6.07 Å². The quantitative estimate of drug-likeness (QED) is 0.561. The van der Waals surface area contributed by atoms with Gasteiger partial charge in [-0.2, -0.15) is 0 Å². The third-order valence-electron chi connectivity index (χ3n) is 1.79. The number of nitrogens with two attached hydrogens (primary N) is 1. The maximum Gasteiger partial charge on any atom is 0.310 e. The lowest BCUT2D eigenvalue weighted by atomic mass is 10.1. The molecule has 0 aliphatic heterocycles. The van der Waals surface area contributed by atoms with E-state index in [9.17, 15) is 10.1 Å². The molecule has 1 unspecified atom stereocenters. The lowest BCUT2D eigenvalue weighted by molar-refractivity contribution is -0.385. The molecule has 0 saturated carbocycles. The molecule has 0 spiro atoms. The van der Waals surface area contributed by atoms with Crippen LogP contribution in [0.2, 0.25) is 0 Å². The van der Waals surface area contributed by atoms with Gasteiger partial charge in [0.1, 0.15) is 0 Å². The molecule has 5 heteroatoms. The highest BCUT2D eigenvalue weighted by Gasteiger charge is 2.13. The highest BCUT2D eigenvalue weighted by atomic mass is 16.6. The van der Waals surface area contributed by atoms with Gasteiger partial charge in [0.15, 0.2) is 5.75 Å². The second kappa shape index (κ2) is 4.06. The maximum absolute atomic E-state index is 10.5. The van der Waals surface area contributed by atoms with Gasteiger partial charge in [0.2, 0.25) is 0 Å². The van der Waals surface area contributed by atoms with Gasteiger partial charge in [0, 0.05) is 12.1 Å². The van der Waals surface area contributed by atoms with Crippen molar-refractivity contribution < 1.29 is 10.0 Å². The Labute approximate surface area is 81.3 Å². The Morgan fingerprint density at radius 1 is 1.64 bits per heavy atom. The summed E-state index contributed by atoms with van der Waals surface area (Å²) in [5, 5.41) is 19.6. The normalized spacial score (nSPS) is 12.4. The van der Waals surface area contributed by atoms with Crippen molar-refractivity contribution >= 4 is 5.69 Å². The minimum atomic E-state index is -0.611. The van der Waals surface area contributed by atoms with Crippen LogP contribution in [-0.2, 0) is 6.42 Å². The minimum absolute atomic E-state index is 0.0563. The van der Waals surface area contributed by atoms with Crippen molar-refractivity contribution in [1.29, 1.82) is 0 Å². The van der Waals surface area contributed by atoms with E-state index in [2.05, 4.69) is 0 Å². The molecule has 3 N–H and O–H groups in total. The van der Waals surface area contributed by atoms with E-state index < -0.39 is 4.92 Å². The molecule has 0 aliphatic carbocycles. The number of hydrogen-bond donors (Lipinski definition) is 2. The van der Waals surface area contributed by atoms with Gasteiger partial charge in [0.25, 0.3) is 0 Å². The summed E-state index contributed by atoms with van der Waals surface area (Å²) >= 11 is 0. The lowest BCUT2D eigenvalue weighted by Crippen LogP contribution is -2.17. The number of benzene rings is 1. The number of phenols is 1. The Kier molecular flexibility index (Phi) is 3.03. The summed E-state index contributed by atoms with van der Waals surface area (Å²) in [5.41, 5.74) is 6.04. The Morgan fingerprint density at radius 2 is 2.29 bits per heavy atom. The lowest BCUT2D eigenvalue weighted by Gasteiger charge is -2.05. The van der Waals surface area contributed by atoms with Crippen LogP contribution in [0.25, 0.3) is 0 Å². The van der Waals surface area contributed by atoms with Crippen LogP contribution in [0.5, 0.6) is 5.75 Å². The summed E-state index contributed by atoms with van der Waals surface area (Å²) in [6.45, 7) is 1.82. The van der Waals surface area contributed by atoms with Crippen LogP contribution in [-0.4, -0.2) is 16.1 Å². The zero-order valence-electron chi connectivity index (χ0n) is 7.80. The van der Waals surface area contributed by atoms with E-state index in [4.69, 9.17) is 10.8 Å². The first-order valence-corrected chi connectivity index (χ1v) is 4.22. The van der Waals surface area contributed by atoms with Crippen LogP contribution >= 0.6 is 0 Å². The van der Waals surface area contributed by atoms with Crippen molar-refractivity contribution in [3.05, 3.63) is 33.9 Å². The summed E-state index contributed by atoms with van der Waals surface area (Å²) < 4.78 is 0. The largest absolute Gasteiger partial charge is 0.502 e. The molecule has 1 aromatic rings. The molecule has 0 saturated heterocycles. The number of aromatic hydroxyl groups is 1. The molecule has 0 aliphatic rings. The van der Waals surface area contributed by atoms with Gasteiger partial charge in [-0.3, -0.25) is 10.1 Å². The molecular weight excluding hydrogens is 184 g/mol. The van der Waals surface area contributed by atoms with Crippen LogP contribution in [0.1, 0.15) is 12.5 Å². The van der Waals surface area contributed by atoms with E-state index in [0.29, 0.717) is 6.42 Å².